The Morgan fingerprint density at radius 2 is 1.81 bits per heavy atom. The maximum Gasteiger partial charge on any atom is 0.274 e. The summed E-state index contributed by atoms with van der Waals surface area (Å²) in [5.74, 6) is 1.10. The second-order valence-corrected chi connectivity index (χ2v) is 9.29. The van der Waals surface area contributed by atoms with Crippen LogP contribution in [-0.2, 0) is 6.42 Å². The van der Waals surface area contributed by atoms with Crippen molar-refractivity contribution in [1.29, 1.82) is 0 Å². The number of hydrogen-bond donors (Lipinski definition) is 2. The highest BCUT2D eigenvalue weighted by Crippen LogP contribution is 2.44. The Morgan fingerprint density at radius 1 is 1.10 bits per heavy atom. The van der Waals surface area contributed by atoms with Crippen LogP contribution in [0.4, 0.5) is 0 Å². The smallest absolute Gasteiger partial charge is 0.274 e. The van der Waals surface area contributed by atoms with Gasteiger partial charge in [-0.3, -0.25) is 10.0 Å². The van der Waals surface area contributed by atoms with Crippen molar-refractivity contribution >= 4 is 5.91 Å². The van der Waals surface area contributed by atoms with E-state index in [0.29, 0.717) is 5.56 Å². The van der Waals surface area contributed by atoms with Crippen LogP contribution < -0.4 is 5.48 Å². The molecule has 0 aromatic heterocycles. The molecular weight excluding hydrogens is 386 g/mol. The van der Waals surface area contributed by atoms with Gasteiger partial charge in [0.15, 0.2) is 0 Å². The van der Waals surface area contributed by atoms with E-state index in [2.05, 4.69) is 47.2 Å². The summed E-state index contributed by atoms with van der Waals surface area (Å²) >= 11 is 0. The van der Waals surface area contributed by atoms with Crippen molar-refractivity contribution in [3.63, 3.8) is 0 Å². The summed E-state index contributed by atoms with van der Waals surface area (Å²) in [4.78, 5) is 16.6. The summed E-state index contributed by atoms with van der Waals surface area (Å²) in [5.41, 5.74) is 4.90. The van der Waals surface area contributed by atoms with Gasteiger partial charge in [-0.15, -0.1) is 0 Å². The first kappa shape index (κ1) is 22.0. The summed E-state index contributed by atoms with van der Waals surface area (Å²) in [6.07, 6.45) is 6.07. The highest BCUT2D eigenvalue weighted by molar-refractivity contribution is 5.93. The van der Waals surface area contributed by atoms with Gasteiger partial charge in [-0.05, 0) is 88.0 Å². The van der Waals surface area contributed by atoms with Gasteiger partial charge in [-0.2, -0.15) is 0 Å². The molecule has 2 N–H and O–H groups in total. The van der Waals surface area contributed by atoms with E-state index in [1.807, 2.05) is 12.1 Å². The standard InChI is InChI=1S/C26H35N3O2/c1-28(25-18-24(25)22-7-3-2-4-8-22)19-21-13-16-29(17-14-21)15-5-6-20-9-11-23(12-10-20)26(30)27-31/h2-4,7-12,21,24-25,31H,5-6,13-19H2,1H3,(H,27,30)/t24-,25+/m1/s1. The lowest BCUT2D eigenvalue weighted by Crippen LogP contribution is -2.39. The molecule has 31 heavy (non-hydrogen) atoms. The zero-order chi connectivity index (χ0) is 21.6. The lowest BCUT2D eigenvalue weighted by Gasteiger charge is -2.34. The van der Waals surface area contributed by atoms with E-state index < -0.39 is 5.91 Å². The van der Waals surface area contributed by atoms with Gasteiger partial charge < -0.3 is 9.80 Å². The normalized spacial score (nSPS) is 21.9. The van der Waals surface area contributed by atoms with Crippen molar-refractivity contribution in [2.75, 3.05) is 33.2 Å². The summed E-state index contributed by atoms with van der Waals surface area (Å²) in [6.45, 7) is 4.79. The van der Waals surface area contributed by atoms with E-state index in [-0.39, 0.29) is 0 Å². The van der Waals surface area contributed by atoms with Gasteiger partial charge in [0.05, 0.1) is 0 Å². The van der Waals surface area contributed by atoms with E-state index in [9.17, 15) is 4.79 Å². The zero-order valence-corrected chi connectivity index (χ0v) is 18.5. The molecule has 1 amide bonds. The summed E-state index contributed by atoms with van der Waals surface area (Å²) in [6, 6.07) is 19.2. The topological polar surface area (TPSA) is 55.8 Å². The van der Waals surface area contributed by atoms with Crippen LogP contribution in [0.5, 0.6) is 0 Å². The molecule has 0 spiro atoms. The maximum atomic E-state index is 11.4. The van der Waals surface area contributed by atoms with Gasteiger partial charge in [0, 0.05) is 24.1 Å². The van der Waals surface area contributed by atoms with Crippen molar-refractivity contribution < 1.29 is 10.0 Å². The van der Waals surface area contributed by atoms with Crippen LogP contribution in [-0.4, -0.2) is 60.2 Å². The van der Waals surface area contributed by atoms with E-state index in [1.54, 1.807) is 17.6 Å². The quantitative estimate of drug-likeness (QED) is 0.476. The Kier molecular flexibility index (Phi) is 7.38. The third kappa shape index (κ3) is 5.94. The number of likely N-dealkylation sites (N-methyl/N-ethyl adjacent to an activating group) is 1. The van der Waals surface area contributed by atoms with Gasteiger partial charge >= 0.3 is 0 Å². The van der Waals surface area contributed by atoms with Crippen molar-refractivity contribution in [1.82, 2.24) is 15.3 Å². The second-order valence-electron chi connectivity index (χ2n) is 9.29. The average molecular weight is 422 g/mol. The number of piperidine rings is 1. The molecule has 2 aliphatic rings. The third-order valence-electron chi connectivity index (χ3n) is 7.06. The van der Waals surface area contributed by atoms with Crippen LogP contribution >= 0.6 is 0 Å². The first-order chi connectivity index (χ1) is 15.1. The number of nitrogens with one attached hydrogen (secondary N) is 1. The molecule has 2 atom stereocenters. The van der Waals surface area contributed by atoms with Gasteiger partial charge in [-0.1, -0.05) is 42.5 Å². The predicted octanol–water partition coefficient (Wildman–Crippen LogP) is 3.94. The first-order valence-electron chi connectivity index (χ1n) is 11.6. The molecule has 2 aromatic rings. The molecule has 0 radical (unpaired) electrons. The molecule has 1 saturated carbocycles. The molecule has 0 bridgehead atoms. The average Bonchev–Trinajstić information content (AvgIpc) is 3.62. The minimum Gasteiger partial charge on any atom is -0.303 e. The summed E-state index contributed by atoms with van der Waals surface area (Å²) < 4.78 is 0. The molecule has 1 saturated heterocycles. The minimum absolute atomic E-state index is 0.461. The number of aryl methyl sites for hydroxylation is 1. The molecule has 2 fully saturated rings. The van der Waals surface area contributed by atoms with Gasteiger partial charge in [0.1, 0.15) is 0 Å². The molecule has 1 heterocycles. The van der Waals surface area contributed by atoms with Crippen LogP contribution in [0.25, 0.3) is 0 Å². The molecule has 1 aliphatic heterocycles. The van der Waals surface area contributed by atoms with Crippen LogP contribution in [0.1, 0.15) is 53.1 Å². The number of likely N-dealkylation sites (tertiary alicyclic amines) is 1. The molecule has 5 nitrogen and oxygen atoms in total. The van der Waals surface area contributed by atoms with E-state index in [4.69, 9.17) is 5.21 Å². The highest BCUT2D eigenvalue weighted by Gasteiger charge is 2.41. The fourth-order valence-corrected chi connectivity index (χ4v) is 5.06. The van der Waals surface area contributed by atoms with E-state index >= 15 is 0 Å². The van der Waals surface area contributed by atoms with Crippen molar-refractivity contribution in [2.24, 2.45) is 5.92 Å². The molecule has 0 unspecified atom stereocenters. The zero-order valence-electron chi connectivity index (χ0n) is 18.5. The van der Waals surface area contributed by atoms with Crippen LogP contribution in [0.15, 0.2) is 54.6 Å². The molecule has 5 heteroatoms. The minimum atomic E-state index is -0.461. The van der Waals surface area contributed by atoms with Crippen molar-refractivity contribution in [3.8, 4) is 0 Å². The largest absolute Gasteiger partial charge is 0.303 e. The molecule has 2 aromatic carbocycles. The maximum absolute atomic E-state index is 11.4. The third-order valence-corrected chi connectivity index (χ3v) is 7.06. The number of hydrogen-bond acceptors (Lipinski definition) is 4. The second kappa shape index (κ2) is 10.4. The monoisotopic (exact) mass is 421 g/mol. The predicted molar refractivity (Wildman–Crippen MR) is 123 cm³/mol. The number of rotatable bonds is 9. The Balaban J connectivity index is 1.12. The molecule has 166 valence electrons. The number of benzene rings is 2. The van der Waals surface area contributed by atoms with Crippen molar-refractivity contribution in [2.45, 2.75) is 44.1 Å². The van der Waals surface area contributed by atoms with E-state index in [0.717, 1.165) is 37.3 Å². The summed E-state index contributed by atoms with van der Waals surface area (Å²) in [5, 5.41) is 8.69. The molecule has 4 rings (SSSR count). The Hall–Kier alpha value is -2.21. The fraction of sp³-hybridized carbons (Fsp3) is 0.500. The number of amides is 1. The van der Waals surface area contributed by atoms with Crippen LogP contribution in [0.2, 0.25) is 0 Å². The van der Waals surface area contributed by atoms with Gasteiger partial charge in [-0.25, -0.2) is 5.48 Å². The van der Waals surface area contributed by atoms with Gasteiger partial charge in [0.2, 0.25) is 0 Å². The number of hydroxylamine groups is 1. The van der Waals surface area contributed by atoms with Crippen LogP contribution in [0, 0.1) is 5.92 Å². The number of carbonyl (C=O) groups is 1. The Labute approximate surface area is 186 Å². The summed E-state index contributed by atoms with van der Waals surface area (Å²) in [7, 11) is 2.31. The fourth-order valence-electron chi connectivity index (χ4n) is 5.06. The lowest BCUT2D eigenvalue weighted by atomic mass is 9.95. The highest BCUT2D eigenvalue weighted by atomic mass is 16.5. The molecule has 1 aliphatic carbocycles. The van der Waals surface area contributed by atoms with Crippen LogP contribution in [0.3, 0.4) is 0 Å². The number of nitrogens with zero attached hydrogens (tertiary/aromatic N) is 2. The van der Waals surface area contributed by atoms with E-state index in [1.165, 1.54) is 50.0 Å². The first-order valence-corrected chi connectivity index (χ1v) is 11.6. The van der Waals surface area contributed by atoms with Gasteiger partial charge in [0.25, 0.3) is 5.91 Å². The van der Waals surface area contributed by atoms with Crippen molar-refractivity contribution in [3.05, 3.63) is 71.3 Å². The Bertz CT molecular complexity index is 831. The molecular formula is C26H35N3O2. The lowest BCUT2D eigenvalue weighted by molar-refractivity contribution is 0.0706. The number of carbonyl (C=O) groups excluding carboxylic acids is 1. The Morgan fingerprint density at radius 3 is 2.48 bits per heavy atom. The SMILES string of the molecule is CN(CC1CCN(CCCc2ccc(C(=O)NO)cc2)CC1)[C@H]1C[C@@H]1c1ccccc1.